The zero-order valence-electron chi connectivity index (χ0n) is 13.4. The van der Waals surface area contributed by atoms with E-state index in [0.717, 1.165) is 35.9 Å². The lowest BCUT2D eigenvalue weighted by atomic mass is 9.94. The first-order valence-electron chi connectivity index (χ1n) is 8.46. The summed E-state index contributed by atoms with van der Waals surface area (Å²) in [5, 5.41) is 15.6. The molecule has 2 N–H and O–H groups in total. The lowest BCUT2D eigenvalue weighted by molar-refractivity contribution is 0.0970. The molecule has 3 unspecified atom stereocenters. The van der Waals surface area contributed by atoms with Crippen molar-refractivity contribution in [2.45, 2.75) is 31.0 Å². The van der Waals surface area contributed by atoms with Gasteiger partial charge in [-0.05, 0) is 54.6 Å². The van der Waals surface area contributed by atoms with Crippen molar-refractivity contribution < 1.29 is 9.50 Å². The van der Waals surface area contributed by atoms with E-state index in [2.05, 4.69) is 16.0 Å². The highest BCUT2D eigenvalue weighted by Crippen LogP contribution is 2.31. The minimum atomic E-state index is -0.620. The monoisotopic (exact) mass is 324 g/mol. The summed E-state index contributed by atoms with van der Waals surface area (Å²) in [5.74, 6) is -0.277. The zero-order chi connectivity index (χ0) is 16.5. The van der Waals surface area contributed by atoms with Gasteiger partial charge in [0.2, 0.25) is 0 Å². The van der Waals surface area contributed by atoms with E-state index in [1.54, 1.807) is 6.07 Å². The van der Waals surface area contributed by atoms with Crippen LogP contribution in [0.25, 0.3) is 10.9 Å². The molecule has 1 fully saturated rings. The van der Waals surface area contributed by atoms with Gasteiger partial charge in [-0.1, -0.05) is 30.3 Å². The Balaban J connectivity index is 1.83. The fraction of sp³-hybridized carbons (Fsp3) is 0.300. The maximum absolute atomic E-state index is 13.8. The van der Waals surface area contributed by atoms with E-state index in [1.807, 2.05) is 36.5 Å². The number of halogens is 1. The number of hydrogen-bond donors (Lipinski definition) is 2. The zero-order valence-corrected chi connectivity index (χ0v) is 13.4. The molecule has 3 aromatic rings. The van der Waals surface area contributed by atoms with E-state index >= 15 is 0 Å². The van der Waals surface area contributed by atoms with Crippen LogP contribution in [-0.4, -0.2) is 28.4 Å². The smallest absolute Gasteiger partial charge is 0.123 e. The van der Waals surface area contributed by atoms with E-state index < -0.39 is 6.10 Å². The molecule has 0 spiro atoms. The second-order valence-electron chi connectivity index (χ2n) is 6.48. The van der Waals surface area contributed by atoms with Crippen LogP contribution in [0.2, 0.25) is 0 Å². The number of nitrogens with zero attached hydrogens (tertiary/aromatic N) is 1. The number of benzene rings is 2. The van der Waals surface area contributed by atoms with Crippen LogP contribution in [0, 0.1) is 5.82 Å². The van der Waals surface area contributed by atoms with Crippen molar-refractivity contribution in [2.75, 3.05) is 6.54 Å². The van der Waals surface area contributed by atoms with Crippen LogP contribution in [0.1, 0.15) is 24.4 Å². The number of nitrogens with one attached hydrogen (secondary N) is 1. The standard InChI is InChI=1S/C20H21FN2O/c21-16-7-3-6-15(13-16)19(20(24)17-8-4-11-22-17)23-12-10-14-5-1-2-9-18(14)23/h1-3,5-7,9-10,12-13,17,19-20,22,24H,4,8,11H2. The van der Waals surface area contributed by atoms with E-state index in [4.69, 9.17) is 0 Å². The first-order valence-corrected chi connectivity index (χ1v) is 8.46. The number of hydrogen-bond acceptors (Lipinski definition) is 2. The molecular formula is C20H21FN2O. The number of aromatic nitrogens is 1. The molecular weight excluding hydrogens is 303 g/mol. The molecule has 0 aliphatic carbocycles. The van der Waals surface area contributed by atoms with Gasteiger partial charge in [-0.3, -0.25) is 0 Å². The van der Waals surface area contributed by atoms with Gasteiger partial charge >= 0.3 is 0 Å². The molecule has 124 valence electrons. The third kappa shape index (κ3) is 2.72. The third-order valence-electron chi connectivity index (χ3n) is 4.95. The van der Waals surface area contributed by atoms with Crippen molar-refractivity contribution in [3.8, 4) is 0 Å². The number of aliphatic hydroxyl groups excluding tert-OH is 1. The van der Waals surface area contributed by atoms with Crippen LogP contribution in [0.4, 0.5) is 4.39 Å². The van der Waals surface area contributed by atoms with Gasteiger partial charge in [-0.25, -0.2) is 4.39 Å². The summed E-state index contributed by atoms with van der Waals surface area (Å²) in [6.45, 7) is 0.921. The van der Waals surface area contributed by atoms with Crippen molar-refractivity contribution in [1.82, 2.24) is 9.88 Å². The second-order valence-corrected chi connectivity index (χ2v) is 6.48. The number of para-hydroxylation sites is 1. The summed E-state index contributed by atoms with van der Waals surface area (Å²) in [6, 6.07) is 16.4. The largest absolute Gasteiger partial charge is 0.389 e. The topological polar surface area (TPSA) is 37.2 Å². The highest BCUT2D eigenvalue weighted by molar-refractivity contribution is 5.80. The Labute approximate surface area is 140 Å². The summed E-state index contributed by atoms with van der Waals surface area (Å²) < 4.78 is 15.9. The maximum Gasteiger partial charge on any atom is 0.123 e. The van der Waals surface area contributed by atoms with Gasteiger partial charge in [-0.15, -0.1) is 0 Å². The molecule has 2 heterocycles. The molecule has 0 bridgehead atoms. The first-order chi connectivity index (χ1) is 11.7. The predicted molar refractivity (Wildman–Crippen MR) is 93.5 cm³/mol. The molecule has 24 heavy (non-hydrogen) atoms. The molecule has 1 aliphatic heterocycles. The fourth-order valence-corrected chi connectivity index (χ4v) is 3.78. The van der Waals surface area contributed by atoms with Crippen LogP contribution in [0.3, 0.4) is 0 Å². The number of aliphatic hydroxyl groups is 1. The Hall–Kier alpha value is -2.17. The molecule has 1 aliphatic rings. The third-order valence-corrected chi connectivity index (χ3v) is 4.95. The van der Waals surface area contributed by atoms with Gasteiger partial charge in [0, 0.05) is 17.8 Å². The lowest BCUT2D eigenvalue weighted by Gasteiger charge is -2.30. The summed E-state index contributed by atoms with van der Waals surface area (Å²) >= 11 is 0. The normalized spacial score (nSPS) is 20.3. The average Bonchev–Trinajstić information content (AvgIpc) is 3.25. The van der Waals surface area contributed by atoms with Gasteiger partial charge < -0.3 is 15.0 Å². The molecule has 4 rings (SSSR count). The van der Waals surface area contributed by atoms with Gasteiger partial charge in [0.15, 0.2) is 0 Å². The summed E-state index contributed by atoms with van der Waals surface area (Å²) in [4.78, 5) is 0. The van der Waals surface area contributed by atoms with Crippen molar-refractivity contribution in [3.05, 3.63) is 72.2 Å². The van der Waals surface area contributed by atoms with Crippen LogP contribution in [0.5, 0.6) is 0 Å². The highest BCUT2D eigenvalue weighted by atomic mass is 19.1. The van der Waals surface area contributed by atoms with Gasteiger partial charge in [-0.2, -0.15) is 0 Å². The molecule has 1 aromatic heterocycles. The Morgan fingerprint density at radius 1 is 1.12 bits per heavy atom. The van der Waals surface area contributed by atoms with E-state index in [1.165, 1.54) is 12.1 Å². The Morgan fingerprint density at radius 2 is 2.00 bits per heavy atom. The minimum absolute atomic E-state index is 0.0272. The maximum atomic E-state index is 13.8. The number of rotatable bonds is 4. The van der Waals surface area contributed by atoms with E-state index in [-0.39, 0.29) is 17.9 Å². The summed E-state index contributed by atoms with van der Waals surface area (Å²) in [5.41, 5.74) is 1.83. The van der Waals surface area contributed by atoms with E-state index in [0.29, 0.717) is 0 Å². The van der Waals surface area contributed by atoms with Crippen LogP contribution in [0.15, 0.2) is 60.8 Å². The van der Waals surface area contributed by atoms with Gasteiger partial charge in [0.05, 0.1) is 12.1 Å². The molecule has 1 saturated heterocycles. The SMILES string of the molecule is OC(C1CCCN1)C(c1cccc(F)c1)n1ccc2ccccc21. The predicted octanol–water partition coefficient (Wildman–Crippen LogP) is 3.48. The second kappa shape index (κ2) is 6.38. The first kappa shape index (κ1) is 15.4. The molecule has 2 aromatic carbocycles. The van der Waals surface area contributed by atoms with Crippen molar-refractivity contribution in [3.63, 3.8) is 0 Å². The van der Waals surface area contributed by atoms with Crippen LogP contribution in [-0.2, 0) is 0 Å². The fourth-order valence-electron chi connectivity index (χ4n) is 3.78. The summed E-state index contributed by atoms with van der Waals surface area (Å²) in [6.07, 6.45) is 3.36. The van der Waals surface area contributed by atoms with Crippen LogP contribution < -0.4 is 5.32 Å². The summed E-state index contributed by atoms with van der Waals surface area (Å²) in [7, 11) is 0. The van der Waals surface area contributed by atoms with Crippen molar-refractivity contribution in [1.29, 1.82) is 0 Å². The van der Waals surface area contributed by atoms with E-state index in [9.17, 15) is 9.50 Å². The molecule has 4 heteroatoms. The molecule has 0 saturated carbocycles. The molecule has 0 radical (unpaired) electrons. The Kier molecular flexibility index (Phi) is 4.08. The van der Waals surface area contributed by atoms with Gasteiger partial charge in [0.1, 0.15) is 5.82 Å². The lowest BCUT2D eigenvalue weighted by Crippen LogP contribution is -2.41. The molecule has 0 amide bonds. The highest BCUT2D eigenvalue weighted by Gasteiger charge is 2.32. The minimum Gasteiger partial charge on any atom is -0.389 e. The average molecular weight is 324 g/mol. The molecule has 3 atom stereocenters. The van der Waals surface area contributed by atoms with Crippen molar-refractivity contribution >= 4 is 10.9 Å². The quantitative estimate of drug-likeness (QED) is 0.771. The van der Waals surface area contributed by atoms with Crippen molar-refractivity contribution in [2.24, 2.45) is 0 Å². The number of fused-ring (bicyclic) bond motifs is 1. The van der Waals surface area contributed by atoms with Crippen LogP contribution >= 0.6 is 0 Å². The van der Waals surface area contributed by atoms with Gasteiger partial charge in [0.25, 0.3) is 0 Å². The Bertz CT molecular complexity index is 838. The Morgan fingerprint density at radius 3 is 2.79 bits per heavy atom. The molecule has 3 nitrogen and oxygen atoms in total.